The molecular formula is C5H14N2O2. The summed E-state index contributed by atoms with van der Waals surface area (Å²) in [5.74, 6) is 4.79. The van der Waals surface area contributed by atoms with E-state index in [1.165, 1.54) is 0 Å². The van der Waals surface area contributed by atoms with Gasteiger partial charge in [-0.2, -0.15) is 4.84 Å². The van der Waals surface area contributed by atoms with E-state index >= 15 is 0 Å². The lowest BCUT2D eigenvalue weighted by molar-refractivity contribution is -1.07. The molecule has 3 N–H and O–H groups in total. The predicted molar refractivity (Wildman–Crippen MR) is 34.0 cm³/mol. The Morgan fingerprint density at radius 2 is 2.11 bits per heavy atom. The third kappa shape index (κ3) is 4.35. The first-order valence-electron chi connectivity index (χ1n) is 2.96. The molecule has 0 heterocycles. The van der Waals surface area contributed by atoms with Crippen LogP contribution in [-0.2, 0) is 4.84 Å². The van der Waals surface area contributed by atoms with E-state index in [1.54, 1.807) is 0 Å². The van der Waals surface area contributed by atoms with Crippen molar-refractivity contribution in [3.8, 4) is 0 Å². The van der Waals surface area contributed by atoms with Gasteiger partial charge in [-0.3, -0.25) is 0 Å². The van der Waals surface area contributed by atoms with Gasteiger partial charge in [-0.1, -0.05) is 6.92 Å². The van der Waals surface area contributed by atoms with Gasteiger partial charge in [0.2, 0.25) is 0 Å². The quantitative estimate of drug-likeness (QED) is 0.399. The van der Waals surface area contributed by atoms with E-state index in [2.05, 4.69) is 0 Å². The zero-order chi connectivity index (χ0) is 7.49. The van der Waals surface area contributed by atoms with E-state index in [9.17, 15) is 5.21 Å². The van der Waals surface area contributed by atoms with Gasteiger partial charge in [0.15, 0.2) is 0 Å². The third-order valence-corrected chi connectivity index (χ3v) is 1.23. The average Bonchev–Trinajstić information content (AvgIpc) is 1.63. The van der Waals surface area contributed by atoms with Crippen LogP contribution in [0.25, 0.3) is 0 Å². The second kappa shape index (κ2) is 3.12. The Morgan fingerprint density at radius 3 is 2.22 bits per heavy atom. The second-order valence-electron chi connectivity index (χ2n) is 2.53. The van der Waals surface area contributed by atoms with Crippen LogP contribution < -0.4 is 11.2 Å². The van der Waals surface area contributed by atoms with Gasteiger partial charge in [-0.15, -0.1) is 11.2 Å². The van der Waals surface area contributed by atoms with Crippen LogP contribution >= 0.6 is 0 Å². The predicted octanol–water partition coefficient (Wildman–Crippen LogP) is -0.637. The molecule has 0 bridgehead atoms. The molecule has 0 saturated carbocycles. The van der Waals surface area contributed by atoms with Crippen molar-refractivity contribution >= 4 is 0 Å². The number of hydrogen-bond donors (Lipinski definition) is 2. The van der Waals surface area contributed by atoms with Gasteiger partial charge in [0, 0.05) is 0 Å². The van der Waals surface area contributed by atoms with Gasteiger partial charge in [0.25, 0.3) is 0 Å². The fourth-order valence-corrected chi connectivity index (χ4v) is 0.344. The van der Waals surface area contributed by atoms with Crippen LogP contribution in [0.15, 0.2) is 0 Å². The van der Waals surface area contributed by atoms with E-state index in [0.29, 0.717) is 0 Å². The number of nitrogens with one attached hydrogen (secondary N) is 1. The first-order valence-corrected chi connectivity index (χ1v) is 2.96. The van der Waals surface area contributed by atoms with E-state index in [-0.39, 0.29) is 0 Å². The van der Waals surface area contributed by atoms with Crippen LogP contribution in [0.2, 0.25) is 0 Å². The van der Waals surface area contributed by atoms with Gasteiger partial charge in [0.05, 0.1) is 0 Å². The van der Waals surface area contributed by atoms with Gasteiger partial charge in [0.1, 0.15) is 5.60 Å². The molecule has 9 heavy (non-hydrogen) atoms. The lowest BCUT2D eigenvalue weighted by Crippen LogP contribution is -3.13. The molecule has 0 aliphatic heterocycles. The minimum absolute atomic E-state index is 0.411. The van der Waals surface area contributed by atoms with Crippen molar-refractivity contribution in [3.05, 3.63) is 5.21 Å². The summed E-state index contributed by atoms with van der Waals surface area (Å²) >= 11 is 0. The Bertz CT molecular complexity index is 83.0. The molecular weight excluding hydrogens is 120 g/mol. The molecule has 56 valence electrons. The van der Waals surface area contributed by atoms with E-state index in [0.717, 1.165) is 6.42 Å². The summed E-state index contributed by atoms with van der Waals surface area (Å²) in [5.41, 5.74) is -0.411. The van der Waals surface area contributed by atoms with Gasteiger partial charge >= 0.3 is 0 Å². The van der Waals surface area contributed by atoms with Crippen LogP contribution in [0.5, 0.6) is 0 Å². The second-order valence-corrected chi connectivity index (χ2v) is 2.53. The highest BCUT2D eigenvalue weighted by Gasteiger charge is 2.19. The summed E-state index contributed by atoms with van der Waals surface area (Å²) in [7, 11) is 0. The SMILES string of the molecule is CCC(C)(C)O[NH+](N)[O-]. The van der Waals surface area contributed by atoms with Crippen LogP contribution in [0.3, 0.4) is 0 Å². The molecule has 0 fully saturated rings. The van der Waals surface area contributed by atoms with Crippen molar-refractivity contribution in [2.24, 2.45) is 5.84 Å². The molecule has 0 amide bonds. The van der Waals surface area contributed by atoms with Gasteiger partial charge < -0.3 is 5.21 Å². The largest absolute Gasteiger partial charge is 0.580 e. The molecule has 0 saturated heterocycles. The topological polar surface area (TPSA) is 62.8 Å². The molecule has 1 unspecified atom stereocenters. The Hall–Kier alpha value is -0.160. The first kappa shape index (κ1) is 8.84. The Balaban J connectivity index is 3.58. The van der Waals surface area contributed by atoms with E-state index in [4.69, 9.17) is 10.7 Å². The van der Waals surface area contributed by atoms with Crippen molar-refractivity contribution in [3.63, 3.8) is 0 Å². The summed E-state index contributed by atoms with van der Waals surface area (Å²) in [6, 6.07) is 0. The minimum Gasteiger partial charge on any atom is -0.580 e. The highest BCUT2D eigenvalue weighted by Crippen LogP contribution is 2.08. The van der Waals surface area contributed by atoms with E-state index < -0.39 is 10.9 Å². The molecule has 4 nitrogen and oxygen atoms in total. The maximum absolute atomic E-state index is 10.2. The Morgan fingerprint density at radius 1 is 1.67 bits per heavy atom. The first-order chi connectivity index (χ1) is 3.98. The van der Waals surface area contributed by atoms with Crippen LogP contribution in [0.1, 0.15) is 27.2 Å². The summed E-state index contributed by atoms with van der Waals surface area (Å²) in [6.45, 7) is 5.57. The zero-order valence-corrected chi connectivity index (χ0v) is 6.10. The summed E-state index contributed by atoms with van der Waals surface area (Å²) in [4.78, 5) is 4.73. The van der Waals surface area contributed by atoms with Crippen molar-refractivity contribution in [2.45, 2.75) is 32.8 Å². The van der Waals surface area contributed by atoms with Crippen LogP contribution in [0, 0.1) is 5.21 Å². The maximum atomic E-state index is 10.2. The highest BCUT2D eigenvalue weighted by atomic mass is 16.9. The summed E-state index contributed by atoms with van der Waals surface area (Å²) in [5, 5.41) is 9.47. The van der Waals surface area contributed by atoms with Crippen LogP contribution in [-0.4, -0.2) is 5.60 Å². The smallest absolute Gasteiger partial charge is 0.124 e. The normalized spacial score (nSPS) is 15.7. The molecule has 1 atom stereocenters. The number of rotatable bonds is 3. The average molecular weight is 134 g/mol. The lowest BCUT2D eigenvalue weighted by Gasteiger charge is -2.25. The molecule has 0 radical (unpaired) electrons. The van der Waals surface area contributed by atoms with Crippen molar-refractivity contribution in [2.75, 3.05) is 0 Å². The zero-order valence-electron chi connectivity index (χ0n) is 6.10. The number of hydrogen-bond acceptors (Lipinski definition) is 3. The third-order valence-electron chi connectivity index (χ3n) is 1.23. The minimum atomic E-state index is -0.707. The molecule has 0 aromatic carbocycles. The fourth-order valence-electron chi connectivity index (χ4n) is 0.344. The molecule has 4 heteroatoms. The molecule has 0 spiro atoms. The molecule has 0 rings (SSSR count). The number of quaternary nitrogens is 1. The van der Waals surface area contributed by atoms with E-state index in [1.807, 2.05) is 20.8 Å². The van der Waals surface area contributed by atoms with Gasteiger partial charge in [-0.05, 0) is 20.3 Å². The Kier molecular flexibility index (Phi) is 3.07. The highest BCUT2D eigenvalue weighted by molar-refractivity contribution is 4.61. The summed E-state index contributed by atoms with van der Waals surface area (Å²) < 4.78 is 0. The monoisotopic (exact) mass is 134 g/mol. The van der Waals surface area contributed by atoms with Crippen molar-refractivity contribution in [1.82, 2.24) is 0 Å². The van der Waals surface area contributed by atoms with Crippen LogP contribution in [0.4, 0.5) is 0 Å². The molecule has 0 aromatic rings. The molecule has 0 aromatic heterocycles. The Labute approximate surface area is 55.1 Å². The standard InChI is InChI=1S/C5H14N2O2/c1-4-5(2,3)9-7(6)8/h7H,4,6H2,1-3H3. The molecule has 0 aliphatic carbocycles. The van der Waals surface area contributed by atoms with Gasteiger partial charge in [-0.25, -0.2) is 0 Å². The fraction of sp³-hybridized carbons (Fsp3) is 1.00. The molecule has 0 aliphatic rings. The lowest BCUT2D eigenvalue weighted by atomic mass is 10.1. The summed E-state index contributed by atoms with van der Waals surface area (Å²) in [6.07, 6.45) is 0.774. The number of nitrogens with two attached hydrogens (primary N) is 1. The maximum Gasteiger partial charge on any atom is 0.124 e. The van der Waals surface area contributed by atoms with Crippen molar-refractivity contribution in [1.29, 1.82) is 0 Å². The van der Waals surface area contributed by atoms with Crippen molar-refractivity contribution < 1.29 is 10.2 Å².